The largest absolute Gasteiger partial charge is 0.494 e. The van der Waals surface area contributed by atoms with Gasteiger partial charge in [0.15, 0.2) is 0 Å². The van der Waals surface area contributed by atoms with Crippen molar-refractivity contribution in [2.24, 2.45) is 0 Å². The normalized spacial score (nSPS) is 21.5. The number of benzene rings is 1. The van der Waals surface area contributed by atoms with E-state index in [2.05, 4.69) is 6.92 Å². The summed E-state index contributed by atoms with van der Waals surface area (Å²) < 4.78 is 30.0. The number of rotatable bonds is 5. The Morgan fingerprint density at radius 3 is 2.74 bits per heavy atom. The van der Waals surface area contributed by atoms with Crippen LogP contribution in [0, 0.1) is 0 Å². The fraction of sp³-hybridized carbons (Fsp3) is 0.467. The molecule has 0 bridgehead atoms. The summed E-state index contributed by atoms with van der Waals surface area (Å²) >= 11 is 0. The molecular formula is C15H20O3S. The highest BCUT2D eigenvalue weighted by atomic mass is 32.2. The van der Waals surface area contributed by atoms with E-state index in [1.54, 1.807) is 30.3 Å². The summed E-state index contributed by atoms with van der Waals surface area (Å²) in [5, 5.41) is 1.29. The highest BCUT2D eigenvalue weighted by Crippen LogP contribution is 2.28. The Kier molecular flexibility index (Phi) is 4.64. The smallest absolute Gasteiger partial charge is 0.203 e. The van der Waals surface area contributed by atoms with E-state index >= 15 is 0 Å². The van der Waals surface area contributed by atoms with E-state index in [9.17, 15) is 8.42 Å². The van der Waals surface area contributed by atoms with E-state index in [1.165, 1.54) is 5.41 Å². The Morgan fingerprint density at radius 1 is 1.32 bits per heavy atom. The molecule has 0 spiro atoms. The van der Waals surface area contributed by atoms with Crippen LogP contribution in [0.15, 0.2) is 46.4 Å². The SMILES string of the molecule is CCCCC1CC/C(=C\S(=O)(=O)c2ccccc2)O1. The lowest BCUT2D eigenvalue weighted by atomic mass is 10.1. The Labute approximate surface area is 115 Å². The maximum Gasteiger partial charge on any atom is 0.203 e. The van der Waals surface area contributed by atoms with Crippen LogP contribution in [-0.4, -0.2) is 14.5 Å². The molecule has 1 fully saturated rings. The lowest BCUT2D eigenvalue weighted by Gasteiger charge is -2.09. The van der Waals surface area contributed by atoms with E-state index < -0.39 is 9.84 Å². The third kappa shape index (κ3) is 3.83. The molecule has 19 heavy (non-hydrogen) atoms. The van der Waals surface area contributed by atoms with Crippen molar-refractivity contribution in [1.82, 2.24) is 0 Å². The van der Waals surface area contributed by atoms with Crippen LogP contribution in [0.1, 0.15) is 39.0 Å². The van der Waals surface area contributed by atoms with E-state index in [0.717, 1.165) is 32.1 Å². The molecular weight excluding hydrogens is 260 g/mol. The maximum absolute atomic E-state index is 12.2. The average molecular weight is 280 g/mol. The first kappa shape index (κ1) is 14.1. The second-order valence-corrected chi connectivity index (χ2v) is 6.66. The van der Waals surface area contributed by atoms with Gasteiger partial charge in [0, 0.05) is 6.42 Å². The van der Waals surface area contributed by atoms with Crippen molar-refractivity contribution < 1.29 is 13.2 Å². The number of ether oxygens (including phenoxy) is 1. The van der Waals surface area contributed by atoms with Gasteiger partial charge < -0.3 is 4.74 Å². The number of sulfone groups is 1. The third-order valence-corrected chi connectivity index (χ3v) is 4.77. The summed E-state index contributed by atoms with van der Waals surface area (Å²) in [4.78, 5) is 0.322. The Hall–Kier alpha value is -1.29. The molecule has 4 heteroatoms. The minimum absolute atomic E-state index is 0.192. The quantitative estimate of drug-likeness (QED) is 0.826. The maximum atomic E-state index is 12.2. The first-order chi connectivity index (χ1) is 9.12. The van der Waals surface area contributed by atoms with Crippen LogP contribution in [0.3, 0.4) is 0 Å². The van der Waals surface area contributed by atoms with Crippen molar-refractivity contribution in [3.8, 4) is 0 Å². The highest BCUT2D eigenvalue weighted by molar-refractivity contribution is 7.94. The van der Waals surface area contributed by atoms with Crippen molar-refractivity contribution in [3.63, 3.8) is 0 Å². The molecule has 2 rings (SSSR count). The van der Waals surface area contributed by atoms with Crippen LogP contribution >= 0.6 is 0 Å². The number of hydrogen-bond acceptors (Lipinski definition) is 3. The molecule has 1 aliphatic heterocycles. The van der Waals surface area contributed by atoms with Gasteiger partial charge in [0.2, 0.25) is 9.84 Å². The summed E-state index contributed by atoms with van der Waals surface area (Å²) in [6.45, 7) is 2.14. The summed E-state index contributed by atoms with van der Waals surface area (Å²) in [7, 11) is -3.37. The summed E-state index contributed by atoms with van der Waals surface area (Å²) in [6, 6.07) is 8.47. The van der Waals surface area contributed by atoms with Gasteiger partial charge in [-0.15, -0.1) is 0 Å². The molecule has 0 aromatic heterocycles. The second-order valence-electron chi connectivity index (χ2n) is 4.86. The highest BCUT2D eigenvalue weighted by Gasteiger charge is 2.22. The fourth-order valence-corrected chi connectivity index (χ4v) is 3.40. The molecule has 104 valence electrons. The van der Waals surface area contributed by atoms with Crippen LogP contribution in [-0.2, 0) is 14.6 Å². The van der Waals surface area contributed by atoms with Crippen molar-refractivity contribution in [1.29, 1.82) is 0 Å². The Morgan fingerprint density at radius 2 is 2.05 bits per heavy atom. The topological polar surface area (TPSA) is 43.4 Å². The molecule has 0 N–H and O–H groups in total. The molecule has 0 aliphatic carbocycles. The van der Waals surface area contributed by atoms with Gasteiger partial charge in [0.25, 0.3) is 0 Å². The molecule has 0 saturated carbocycles. The van der Waals surface area contributed by atoms with Gasteiger partial charge in [-0.25, -0.2) is 8.42 Å². The lowest BCUT2D eigenvalue weighted by molar-refractivity contribution is 0.150. The molecule has 1 aromatic carbocycles. The lowest BCUT2D eigenvalue weighted by Crippen LogP contribution is -2.04. The minimum Gasteiger partial charge on any atom is -0.494 e. The van der Waals surface area contributed by atoms with E-state index in [-0.39, 0.29) is 6.10 Å². The van der Waals surface area contributed by atoms with E-state index in [1.807, 2.05) is 0 Å². The van der Waals surface area contributed by atoms with Gasteiger partial charge in [-0.3, -0.25) is 0 Å². The fourth-order valence-electron chi connectivity index (χ4n) is 2.21. The molecule has 1 heterocycles. The number of hydrogen-bond donors (Lipinski definition) is 0. The van der Waals surface area contributed by atoms with Gasteiger partial charge in [0.1, 0.15) is 5.76 Å². The van der Waals surface area contributed by atoms with Gasteiger partial charge in [-0.1, -0.05) is 38.0 Å². The van der Waals surface area contributed by atoms with Crippen molar-refractivity contribution >= 4 is 9.84 Å². The molecule has 1 aromatic rings. The van der Waals surface area contributed by atoms with E-state index in [0.29, 0.717) is 10.7 Å². The van der Waals surface area contributed by atoms with Gasteiger partial charge in [-0.2, -0.15) is 0 Å². The molecule has 0 radical (unpaired) electrons. The van der Waals surface area contributed by atoms with Crippen LogP contribution in [0.25, 0.3) is 0 Å². The summed E-state index contributed by atoms with van der Waals surface area (Å²) in [6.07, 6.45) is 5.12. The second kappa shape index (κ2) is 6.24. The first-order valence-electron chi connectivity index (χ1n) is 6.79. The van der Waals surface area contributed by atoms with Gasteiger partial charge >= 0.3 is 0 Å². The summed E-state index contributed by atoms with van der Waals surface area (Å²) in [5.41, 5.74) is 0. The van der Waals surface area contributed by atoms with Crippen LogP contribution in [0.2, 0.25) is 0 Å². The van der Waals surface area contributed by atoms with Gasteiger partial charge in [0.05, 0.1) is 16.4 Å². The zero-order valence-electron chi connectivity index (χ0n) is 11.2. The summed E-state index contributed by atoms with van der Waals surface area (Å²) in [5.74, 6) is 0.602. The average Bonchev–Trinajstić information content (AvgIpc) is 2.84. The standard InChI is InChI=1S/C15H20O3S/c1-2-3-7-13-10-11-14(18-13)12-19(16,17)15-8-5-4-6-9-15/h4-6,8-9,12-13H,2-3,7,10-11H2,1H3/b14-12+. The van der Waals surface area contributed by atoms with E-state index in [4.69, 9.17) is 4.74 Å². The van der Waals surface area contributed by atoms with Crippen molar-refractivity contribution in [2.75, 3.05) is 0 Å². The minimum atomic E-state index is -3.37. The predicted molar refractivity (Wildman–Crippen MR) is 75.3 cm³/mol. The third-order valence-electron chi connectivity index (χ3n) is 3.27. The number of unbranched alkanes of at least 4 members (excludes halogenated alkanes) is 1. The first-order valence-corrected chi connectivity index (χ1v) is 8.34. The zero-order chi connectivity index (χ0) is 13.7. The number of allylic oxidation sites excluding steroid dienone is 1. The molecule has 1 aliphatic rings. The molecule has 1 atom stereocenters. The molecule has 3 nitrogen and oxygen atoms in total. The molecule has 1 unspecified atom stereocenters. The van der Waals surface area contributed by atoms with Gasteiger partial charge in [-0.05, 0) is 25.0 Å². The monoisotopic (exact) mass is 280 g/mol. The van der Waals surface area contributed by atoms with Crippen LogP contribution in [0.5, 0.6) is 0 Å². The molecule has 1 saturated heterocycles. The Balaban J connectivity index is 2.06. The predicted octanol–water partition coefficient (Wildman–Crippen LogP) is 3.67. The van der Waals surface area contributed by atoms with Crippen molar-refractivity contribution in [2.45, 2.75) is 50.0 Å². The van der Waals surface area contributed by atoms with Crippen LogP contribution < -0.4 is 0 Å². The van der Waals surface area contributed by atoms with Crippen LogP contribution in [0.4, 0.5) is 0 Å². The van der Waals surface area contributed by atoms with Crippen molar-refractivity contribution in [3.05, 3.63) is 41.5 Å². The molecule has 0 amide bonds. The zero-order valence-corrected chi connectivity index (χ0v) is 12.0. The Bertz CT molecular complexity index is 532.